The zero-order valence-electron chi connectivity index (χ0n) is 16.0. The smallest absolute Gasteiger partial charge is 0.191 e. The number of fused-ring (bicyclic) bond motifs is 2. The van der Waals surface area contributed by atoms with E-state index in [4.69, 9.17) is 4.74 Å². The van der Waals surface area contributed by atoms with Crippen molar-refractivity contribution in [2.75, 3.05) is 6.61 Å². The second-order valence-electron chi connectivity index (χ2n) is 8.53. The Hall–Kier alpha value is -1.90. The molecule has 2 aliphatic carbocycles. The van der Waals surface area contributed by atoms with Crippen molar-refractivity contribution in [3.05, 3.63) is 54.1 Å². The average molecular weight is 370 g/mol. The summed E-state index contributed by atoms with van der Waals surface area (Å²) in [7, 11) is 0. The minimum absolute atomic E-state index is 0.0840. The van der Waals surface area contributed by atoms with Gasteiger partial charge in [-0.2, -0.15) is 0 Å². The number of benzene rings is 2. The lowest BCUT2D eigenvalue weighted by Gasteiger charge is -2.41. The molecule has 4 atom stereocenters. The Morgan fingerprint density at radius 3 is 2.67 bits per heavy atom. The maximum absolute atomic E-state index is 14.7. The zero-order chi connectivity index (χ0) is 19.0. The number of rotatable bonds is 4. The van der Waals surface area contributed by atoms with Gasteiger partial charge >= 0.3 is 0 Å². The molecule has 0 aromatic heterocycles. The molecule has 144 valence electrons. The van der Waals surface area contributed by atoms with Gasteiger partial charge in [0.15, 0.2) is 17.4 Å². The fourth-order valence-corrected chi connectivity index (χ4v) is 5.28. The Bertz CT molecular complexity index is 844. The number of hydrogen-bond acceptors (Lipinski definition) is 1. The highest BCUT2D eigenvalue weighted by Gasteiger charge is 2.34. The van der Waals surface area contributed by atoms with Crippen molar-refractivity contribution in [3.63, 3.8) is 0 Å². The molecule has 4 unspecified atom stereocenters. The molecule has 2 aromatic rings. The number of hydrogen-bond donors (Lipinski definition) is 0. The van der Waals surface area contributed by atoms with Gasteiger partial charge < -0.3 is 4.74 Å². The molecule has 2 aromatic carbocycles. The molecule has 1 nitrogen and oxygen atoms in total. The fourth-order valence-electron chi connectivity index (χ4n) is 5.28. The van der Waals surface area contributed by atoms with Crippen LogP contribution in [0.15, 0.2) is 36.9 Å². The van der Waals surface area contributed by atoms with Crippen LogP contribution >= 0.6 is 0 Å². The Morgan fingerprint density at radius 1 is 1.07 bits per heavy atom. The predicted octanol–water partition coefficient (Wildman–Crippen LogP) is 7.00. The summed E-state index contributed by atoms with van der Waals surface area (Å²) in [5.74, 6) is 1.49. The normalized spacial score (nSPS) is 28.0. The summed E-state index contributed by atoms with van der Waals surface area (Å²) >= 11 is 0. The van der Waals surface area contributed by atoms with Gasteiger partial charge in [0.2, 0.25) is 0 Å². The molecule has 0 amide bonds. The molecule has 0 saturated heterocycles. The Kier molecular flexibility index (Phi) is 5.21. The van der Waals surface area contributed by atoms with E-state index in [9.17, 15) is 8.78 Å². The van der Waals surface area contributed by atoms with Gasteiger partial charge in [-0.3, -0.25) is 0 Å². The van der Waals surface area contributed by atoms with Gasteiger partial charge in [0.1, 0.15) is 6.61 Å². The standard InChI is InChI=1S/C24H28F2O/c1-3-10-27-24-22(25)14-20-13-19(8-9-21(20)23(24)26)18-7-6-16-11-15(2)4-5-17(16)12-18/h3,8-9,13-18H,1,4-7,10-12H2,2H3. The molecule has 4 rings (SSSR count). The monoisotopic (exact) mass is 370 g/mol. The quantitative estimate of drug-likeness (QED) is 0.526. The van der Waals surface area contributed by atoms with Crippen molar-refractivity contribution in [1.82, 2.24) is 0 Å². The van der Waals surface area contributed by atoms with E-state index in [1.807, 2.05) is 12.1 Å². The SMILES string of the molecule is C=CCOc1c(F)cc2cc(C3CCC4CC(C)CCC4C3)ccc2c1F. The van der Waals surface area contributed by atoms with Gasteiger partial charge in [0, 0.05) is 5.39 Å². The first-order valence-corrected chi connectivity index (χ1v) is 10.2. The molecule has 0 spiro atoms. The molecule has 0 aliphatic heterocycles. The summed E-state index contributed by atoms with van der Waals surface area (Å²) in [6.07, 6.45) is 9.22. The van der Waals surface area contributed by atoms with Crippen LogP contribution in [0.3, 0.4) is 0 Å². The van der Waals surface area contributed by atoms with Gasteiger partial charge in [-0.15, -0.1) is 0 Å². The van der Waals surface area contributed by atoms with Crippen molar-refractivity contribution in [2.45, 2.75) is 51.4 Å². The minimum atomic E-state index is -0.649. The van der Waals surface area contributed by atoms with Gasteiger partial charge in [-0.1, -0.05) is 44.2 Å². The van der Waals surface area contributed by atoms with E-state index in [0.29, 0.717) is 16.7 Å². The van der Waals surface area contributed by atoms with Crippen molar-refractivity contribution < 1.29 is 13.5 Å². The van der Waals surface area contributed by atoms with Crippen molar-refractivity contribution in [3.8, 4) is 5.75 Å². The second-order valence-corrected chi connectivity index (χ2v) is 8.53. The molecule has 3 heteroatoms. The molecule has 0 heterocycles. The molecular formula is C24H28F2O. The largest absolute Gasteiger partial charge is 0.483 e. The molecule has 2 aliphatic rings. The van der Waals surface area contributed by atoms with E-state index in [1.165, 1.54) is 56.2 Å². The van der Waals surface area contributed by atoms with Crippen LogP contribution in [0.4, 0.5) is 8.78 Å². The highest BCUT2D eigenvalue weighted by Crippen LogP contribution is 2.47. The van der Waals surface area contributed by atoms with Crippen molar-refractivity contribution in [1.29, 1.82) is 0 Å². The molecule has 0 N–H and O–H groups in total. The van der Waals surface area contributed by atoms with Crippen LogP contribution in [-0.4, -0.2) is 6.61 Å². The van der Waals surface area contributed by atoms with Crippen LogP contribution in [-0.2, 0) is 0 Å². The van der Waals surface area contributed by atoms with Crippen LogP contribution in [0.1, 0.15) is 56.9 Å². The Balaban J connectivity index is 1.59. The van der Waals surface area contributed by atoms with Crippen molar-refractivity contribution >= 4 is 10.8 Å². The second kappa shape index (κ2) is 7.61. The Morgan fingerprint density at radius 2 is 1.85 bits per heavy atom. The van der Waals surface area contributed by atoms with Crippen LogP contribution < -0.4 is 4.74 Å². The van der Waals surface area contributed by atoms with E-state index in [1.54, 1.807) is 6.07 Å². The summed E-state index contributed by atoms with van der Waals surface area (Å²) in [5.41, 5.74) is 1.22. The summed E-state index contributed by atoms with van der Waals surface area (Å²) in [6.45, 7) is 5.98. The first-order chi connectivity index (χ1) is 13.1. The molecular weight excluding hydrogens is 342 g/mol. The van der Waals surface area contributed by atoms with Crippen LogP contribution in [0.5, 0.6) is 5.75 Å². The highest BCUT2D eigenvalue weighted by molar-refractivity contribution is 5.85. The Labute approximate surface area is 160 Å². The average Bonchev–Trinajstić information content (AvgIpc) is 2.67. The number of halogens is 2. The first kappa shape index (κ1) is 18.5. The molecule has 0 radical (unpaired) electrons. The van der Waals surface area contributed by atoms with Gasteiger partial charge in [-0.25, -0.2) is 8.78 Å². The highest BCUT2D eigenvalue weighted by atomic mass is 19.1. The predicted molar refractivity (Wildman–Crippen MR) is 106 cm³/mol. The fraction of sp³-hybridized carbons (Fsp3) is 0.500. The van der Waals surface area contributed by atoms with E-state index in [-0.39, 0.29) is 12.4 Å². The first-order valence-electron chi connectivity index (χ1n) is 10.2. The molecule has 0 bridgehead atoms. The lowest BCUT2D eigenvalue weighted by molar-refractivity contribution is 0.124. The molecule has 2 fully saturated rings. The molecule has 27 heavy (non-hydrogen) atoms. The van der Waals surface area contributed by atoms with E-state index < -0.39 is 11.6 Å². The third-order valence-corrected chi connectivity index (χ3v) is 6.70. The third kappa shape index (κ3) is 3.61. The van der Waals surface area contributed by atoms with Gasteiger partial charge in [-0.05, 0) is 72.8 Å². The summed E-state index contributed by atoms with van der Waals surface area (Å²) in [4.78, 5) is 0. The van der Waals surface area contributed by atoms with Crippen LogP contribution in [0, 0.1) is 29.4 Å². The number of ether oxygens (including phenoxy) is 1. The third-order valence-electron chi connectivity index (χ3n) is 6.70. The lowest BCUT2D eigenvalue weighted by atomic mass is 9.64. The maximum atomic E-state index is 14.7. The van der Waals surface area contributed by atoms with E-state index >= 15 is 0 Å². The van der Waals surface area contributed by atoms with Gasteiger partial charge in [0.05, 0.1) is 0 Å². The maximum Gasteiger partial charge on any atom is 0.191 e. The summed E-state index contributed by atoms with van der Waals surface area (Å²) in [6, 6.07) is 7.19. The lowest BCUT2D eigenvalue weighted by Crippen LogP contribution is -2.29. The van der Waals surface area contributed by atoms with Crippen molar-refractivity contribution in [2.24, 2.45) is 17.8 Å². The van der Waals surface area contributed by atoms with E-state index in [2.05, 4.69) is 13.5 Å². The van der Waals surface area contributed by atoms with Gasteiger partial charge in [0.25, 0.3) is 0 Å². The van der Waals surface area contributed by atoms with E-state index in [0.717, 1.165) is 17.8 Å². The topological polar surface area (TPSA) is 9.23 Å². The summed E-state index contributed by atoms with van der Waals surface area (Å²) in [5, 5.41) is 1.03. The van der Waals surface area contributed by atoms with Crippen LogP contribution in [0.25, 0.3) is 10.8 Å². The summed E-state index contributed by atoms with van der Waals surface area (Å²) < 4.78 is 34.2. The zero-order valence-corrected chi connectivity index (χ0v) is 16.0. The van der Waals surface area contributed by atoms with Crippen LogP contribution in [0.2, 0.25) is 0 Å². The minimum Gasteiger partial charge on any atom is -0.483 e. The molecule has 2 saturated carbocycles.